The zero-order chi connectivity index (χ0) is 43.1. The fourth-order valence-corrected chi connectivity index (χ4v) is 11.3. The minimum absolute atomic E-state index is 0.287. The lowest BCUT2D eigenvalue weighted by atomic mass is 9.81. The highest BCUT2D eigenvalue weighted by molar-refractivity contribution is 6.30. The first-order valence-corrected chi connectivity index (χ1v) is 22.3. The van der Waals surface area contributed by atoms with Crippen LogP contribution in [0.15, 0.2) is 197 Å². The molecule has 1 aliphatic carbocycles. The van der Waals surface area contributed by atoms with Gasteiger partial charge in [-0.15, -0.1) is 0 Å². The number of hydrogen-bond donors (Lipinski definition) is 0. The number of hydrogen-bond acceptors (Lipinski definition) is 2. The predicted octanol–water partition coefficient (Wildman–Crippen LogP) is 18.0. The molecule has 0 saturated carbocycles. The average molecular weight is 828 g/mol. The second-order valence-electron chi connectivity index (χ2n) is 18.2. The van der Waals surface area contributed by atoms with Crippen molar-refractivity contribution in [3.05, 3.63) is 211 Å². The van der Waals surface area contributed by atoms with Gasteiger partial charge in [-0.05, 0) is 136 Å². The van der Waals surface area contributed by atoms with Crippen molar-refractivity contribution in [3.8, 4) is 44.5 Å². The molecule has 2 heterocycles. The van der Waals surface area contributed by atoms with Crippen LogP contribution < -0.4 is 0 Å². The summed E-state index contributed by atoms with van der Waals surface area (Å²) in [6.45, 7) is 12.3. The lowest BCUT2D eigenvalue weighted by Gasteiger charge is -2.22. The van der Waals surface area contributed by atoms with E-state index < -0.39 is 0 Å². The molecule has 0 radical (unpaired) electrons. The zero-order valence-corrected chi connectivity index (χ0v) is 35.7. The molecule has 11 aromatic carbocycles. The summed E-state index contributed by atoms with van der Waals surface area (Å²) in [5, 5.41) is 13.9. The zero-order valence-electron chi connectivity index (χ0n) is 35.7. The monoisotopic (exact) mass is 827 g/mol. The molecule has 3 nitrogen and oxygen atoms in total. The van der Waals surface area contributed by atoms with Crippen LogP contribution in [0, 0.1) is 6.57 Å². The standard InChI is InChI=1S/C62H37NO2/c1-62(2)52-33-37(20-24-48(52)49-25-23-43(63-3)34-53(49)62)40-28-41(50-31-38-14-6-10-18-46(38)58-56-44-16-8-4-12-35(44)21-26-54(56)64-60(50)58)30-42(29-40)51-32-39-15-7-11-19-47(39)59-57-45-17-9-5-13-36(45)22-27-55(57)65-61(51)59/h4-34H,1-2H3. The Morgan fingerprint density at radius 1 is 0.369 bits per heavy atom. The summed E-state index contributed by atoms with van der Waals surface area (Å²) in [7, 11) is 0. The van der Waals surface area contributed by atoms with Gasteiger partial charge in [0.2, 0.25) is 0 Å². The SMILES string of the molecule is [C-]#[N+]c1ccc2c(c1)C(C)(C)c1cc(-c3cc(-c4cc5ccccc5c5c4oc4ccc6ccccc6c45)cc(-c4cc5ccccc5c5c4oc4ccc6ccccc6c45)c3)ccc1-2. The van der Waals surface area contributed by atoms with Gasteiger partial charge in [0.1, 0.15) is 22.3 Å². The van der Waals surface area contributed by atoms with Crippen molar-refractivity contribution in [2.24, 2.45) is 0 Å². The van der Waals surface area contributed by atoms with Crippen LogP contribution >= 0.6 is 0 Å². The van der Waals surface area contributed by atoms with Crippen molar-refractivity contribution in [3.63, 3.8) is 0 Å². The van der Waals surface area contributed by atoms with Crippen LogP contribution in [0.4, 0.5) is 5.69 Å². The minimum Gasteiger partial charge on any atom is -0.455 e. The summed E-state index contributed by atoms with van der Waals surface area (Å²) in [4.78, 5) is 3.79. The normalized spacial score (nSPS) is 13.2. The number of rotatable bonds is 3. The van der Waals surface area contributed by atoms with Crippen molar-refractivity contribution in [1.82, 2.24) is 0 Å². The van der Waals surface area contributed by atoms with Gasteiger partial charge in [-0.3, -0.25) is 0 Å². The molecule has 0 fully saturated rings. The van der Waals surface area contributed by atoms with Crippen molar-refractivity contribution < 1.29 is 8.83 Å². The summed E-state index contributed by atoms with van der Waals surface area (Å²) in [5.74, 6) is 0. The van der Waals surface area contributed by atoms with Crippen LogP contribution in [0.5, 0.6) is 0 Å². The Kier molecular flexibility index (Phi) is 7.24. The van der Waals surface area contributed by atoms with Crippen LogP contribution in [-0.2, 0) is 5.41 Å². The fourth-order valence-electron chi connectivity index (χ4n) is 11.3. The fraction of sp³-hybridized carbons (Fsp3) is 0.0484. The van der Waals surface area contributed by atoms with E-state index in [0.717, 1.165) is 88.0 Å². The van der Waals surface area contributed by atoms with Gasteiger partial charge in [0.05, 0.1) is 6.57 Å². The van der Waals surface area contributed by atoms with E-state index in [9.17, 15) is 0 Å². The Morgan fingerprint density at radius 2 is 0.815 bits per heavy atom. The molecule has 14 rings (SSSR count). The Hall–Kier alpha value is -8.45. The van der Waals surface area contributed by atoms with Crippen molar-refractivity contribution in [1.29, 1.82) is 0 Å². The molecule has 0 aliphatic heterocycles. The Balaban J connectivity index is 1.09. The molecule has 0 atom stereocenters. The maximum atomic E-state index is 7.76. The third-order valence-electron chi connectivity index (χ3n) is 14.4. The van der Waals surface area contributed by atoms with E-state index in [1.807, 2.05) is 6.07 Å². The molecule has 1 aliphatic rings. The number of fused-ring (bicyclic) bond motifs is 17. The minimum atomic E-state index is -0.287. The molecule has 0 saturated heterocycles. The van der Waals surface area contributed by atoms with Gasteiger partial charge in [-0.2, -0.15) is 0 Å². The summed E-state index contributed by atoms with van der Waals surface area (Å²) < 4.78 is 14.1. The van der Waals surface area contributed by atoms with Gasteiger partial charge in [0.15, 0.2) is 5.69 Å². The predicted molar refractivity (Wildman–Crippen MR) is 271 cm³/mol. The first-order valence-electron chi connectivity index (χ1n) is 22.3. The molecular formula is C62H37NO2. The Morgan fingerprint density at radius 3 is 1.34 bits per heavy atom. The van der Waals surface area contributed by atoms with Gasteiger partial charge < -0.3 is 8.83 Å². The molecule has 302 valence electrons. The van der Waals surface area contributed by atoms with Gasteiger partial charge in [-0.25, -0.2) is 4.85 Å². The van der Waals surface area contributed by atoms with Crippen molar-refractivity contribution in [2.45, 2.75) is 19.3 Å². The smallest absolute Gasteiger partial charge is 0.187 e. The van der Waals surface area contributed by atoms with Crippen molar-refractivity contribution >= 4 is 92.7 Å². The third-order valence-corrected chi connectivity index (χ3v) is 14.4. The Labute approximate surface area is 374 Å². The number of benzene rings is 11. The van der Waals surface area contributed by atoms with Crippen LogP contribution in [0.2, 0.25) is 0 Å². The largest absolute Gasteiger partial charge is 0.455 e. The summed E-state index contributed by atoms with van der Waals surface area (Å²) in [6, 6.07) is 67.9. The summed E-state index contributed by atoms with van der Waals surface area (Å²) in [6.07, 6.45) is 0. The maximum absolute atomic E-state index is 7.76. The molecule has 3 heteroatoms. The summed E-state index contributed by atoms with van der Waals surface area (Å²) >= 11 is 0. The lowest BCUT2D eigenvalue weighted by molar-refractivity contribution is 0.661. The highest BCUT2D eigenvalue weighted by Crippen LogP contribution is 2.52. The molecule has 65 heavy (non-hydrogen) atoms. The number of nitrogens with zero attached hydrogens (tertiary/aromatic N) is 1. The van der Waals surface area contributed by atoms with E-state index in [2.05, 4.69) is 201 Å². The van der Waals surface area contributed by atoms with E-state index in [1.54, 1.807) is 0 Å². The second-order valence-corrected chi connectivity index (χ2v) is 18.2. The number of furan rings is 2. The van der Waals surface area contributed by atoms with Gasteiger partial charge in [0, 0.05) is 38.1 Å². The van der Waals surface area contributed by atoms with Crippen molar-refractivity contribution in [2.75, 3.05) is 0 Å². The molecule has 2 aromatic heterocycles. The molecule has 0 unspecified atom stereocenters. The van der Waals surface area contributed by atoms with Gasteiger partial charge in [-0.1, -0.05) is 153 Å². The summed E-state index contributed by atoms with van der Waals surface area (Å²) in [5.41, 5.74) is 15.2. The van der Waals surface area contributed by atoms with Crippen LogP contribution in [0.3, 0.4) is 0 Å². The molecular weight excluding hydrogens is 791 g/mol. The quantitative estimate of drug-likeness (QED) is 0.166. The Bertz CT molecular complexity index is 4070. The molecule has 0 spiro atoms. The van der Waals surface area contributed by atoms with Gasteiger partial charge in [0.25, 0.3) is 0 Å². The first-order chi connectivity index (χ1) is 31.9. The van der Waals surface area contributed by atoms with E-state index in [1.165, 1.54) is 54.6 Å². The van der Waals surface area contributed by atoms with E-state index in [-0.39, 0.29) is 5.41 Å². The molecule has 0 bridgehead atoms. The van der Waals surface area contributed by atoms with E-state index >= 15 is 0 Å². The van der Waals surface area contributed by atoms with E-state index in [4.69, 9.17) is 15.4 Å². The van der Waals surface area contributed by atoms with Gasteiger partial charge >= 0.3 is 0 Å². The molecule has 13 aromatic rings. The van der Waals surface area contributed by atoms with Crippen LogP contribution in [-0.4, -0.2) is 0 Å². The highest BCUT2D eigenvalue weighted by atomic mass is 16.3. The third kappa shape index (κ3) is 5.05. The molecule has 0 amide bonds. The van der Waals surface area contributed by atoms with Crippen LogP contribution in [0.25, 0.3) is 136 Å². The van der Waals surface area contributed by atoms with Crippen LogP contribution in [0.1, 0.15) is 25.0 Å². The molecule has 0 N–H and O–H groups in total. The highest BCUT2D eigenvalue weighted by Gasteiger charge is 2.36. The topological polar surface area (TPSA) is 30.6 Å². The first kappa shape index (κ1) is 36.1. The average Bonchev–Trinajstić information content (AvgIpc) is 4.02. The lowest BCUT2D eigenvalue weighted by Crippen LogP contribution is -2.14. The second kappa shape index (κ2) is 13.0. The van der Waals surface area contributed by atoms with E-state index in [0.29, 0.717) is 5.69 Å². The maximum Gasteiger partial charge on any atom is 0.187 e.